The molecule has 0 bridgehead atoms. The van der Waals surface area contributed by atoms with Crippen molar-refractivity contribution >= 4 is 11.9 Å². The molecule has 1 saturated heterocycles. The highest BCUT2D eigenvalue weighted by atomic mass is 16.5. The van der Waals surface area contributed by atoms with Crippen LogP contribution in [0.4, 0.5) is 5.95 Å². The lowest BCUT2D eigenvalue weighted by atomic mass is 10.1. The normalized spacial score (nSPS) is 19.8. The van der Waals surface area contributed by atoms with Crippen LogP contribution in [-0.2, 0) is 4.79 Å². The molecule has 1 aliphatic heterocycles. The van der Waals surface area contributed by atoms with Crippen LogP contribution in [0, 0.1) is 12.8 Å². The third-order valence-electron chi connectivity index (χ3n) is 2.60. The molecule has 1 atom stereocenters. The number of aliphatic hydroxyl groups excluding tert-OH is 1. The third-order valence-corrected chi connectivity index (χ3v) is 2.60. The number of carbonyl (C=O) groups excluding carboxylic acids is 1. The van der Waals surface area contributed by atoms with Crippen molar-refractivity contribution in [2.75, 3.05) is 25.2 Å². The second-order valence-electron chi connectivity index (χ2n) is 3.93. The van der Waals surface area contributed by atoms with Crippen LogP contribution in [0.5, 0.6) is 6.01 Å². The Morgan fingerprint density at radius 2 is 2.24 bits per heavy atom. The number of nitrogens with zero attached hydrogens (tertiary/aromatic N) is 4. The van der Waals surface area contributed by atoms with Gasteiger partial charge in [-0.1, -0.05) is 0 Å². The lowest BCUT2D eigenvalue weighted by Gasteiger charge is -2.14. The van der Waals surface area contributed by atoms with Crippen molar-refractivity contribution < 1.29 is 14.6 Å². The molecule has 0 saturated carbocycles. The van der Waals surface area contributed by atoms with Gasteiger partial charge in [0.25, 0.3) is 0 Å². The second kappa shape index (κ2) is 4.62. The van der Waals surface area contributed by atoms with Gasteiger partial charge in [-0.25, -0.2) is 0 Å². The number of anilines is 1. The smallest absolute Gasteiger partial charge is 0.321 e. The van der Waals surface area contributed by atoms with E-state index < -0.39 is 0 Å². The van der Waals surface area contributed by atoms with Gasteiger partial charge in [-0.15, -0.1) is 0 Å². The van der Waals surface area contributed by atoms with Crippen molar-refractivity contribution in [3.8, 4) is 6.01 Å². The van der Waals surface area contributed by atoms with Gasteiger partial charge in [0.1, 0.15) is 5.82 Å². The number of aliphatic hydroxyl groups is 1. The van der Waals surface area contributed by atoms with Crippen molar-refractivity contribution in [2.24, 2.45) is 5.92 Å². The largest absolute Gasteiger partial charge is 0.467 e. The molecule has 1 N–H and O–H groups in total. The molecule has 7 heteroatoms. The topological polar surface area (TPSA) is 88.4 Å². The summed E-state index contributed by atoms with van der Waals surface area (Å²) in [5, 5.41) is 9.05. The fraction of sp³-hybridized carbons (Fsp3) is 0.600. The molecule has 1 aromatic rings. The highest BCUT2D eigenvalue weighted by molar-refractivity contribution is 5.94. The van der Waals surface area contributed by atoms with E-state index in [9.17, 15) is 4.79 Å². The maximum absolute atomic E-state index is 11.7. The van der Waals surface area contributed by atoms with Gasteiger partial charge in [-0.3, -0.25) is 9.69 Å². The predicted molar refractivity (Wildman–Crippen MR) is 58.7 cm³/mol. The predicted octanol–water partition coefficient (Wildman–Crippen LogP) is -0.466. The zero-order chi connectivity index (χ0) is 12.4. The van der Waals surface area contributed by atoms with E-state index in [1.165, 1.54) is 12.0 Å². The Bertz CT molecular complexity index is 438. The molecule has 0 aliphatic carbocycles. The first-order valence-corrected chi connectivity index (χ1v) is 5.32. The fourth-order valence-electron chi connectivity index (χ4n) is 1.75. The van der Waals surface area contributed by atoms with Crippen molar-refractivity contribution in [1.29, 1.82) is 0 Å². The van der Waals surface area contributed by atoms with Crippen LogP contribution in [0.25, 0.3) is 0 Å². The van der Waals surface area contributed by atoms with Crippen LogP contribution in [0.3, 0.4) is 0 Å². The minimum absolute atomic E-state index is 0.0105. The van der Waals surface area contributed by atoms with Crippen LogP contribution in [0.2, 0.25) is 0 Å². The van der Waals surface area contributed by atoms with Gasteiger partial charge in [0.2, 0.25) is 11.9 Å². The van der Waals surface area contributed by atoms with Crippen LogP contribution in [-0.4, -0.2) is 46.2 Å². The van der Waals surface area contributed by atoms with E-state index in [1.54, 1.807) is 6.92 Å². The SMILES string of the molecule is COc1nc(C)nc(N2CC(CO)CC2=O)n1. The van der Waals surface area contributed by atoms with E-state index in [4.69, 9.17) is 9.84 Å². The van der Waals surface area contributed by atoms with Crippen molar-refractivity contribution in [2.45, 2.75) is 13.3 Å². The van der Waals surface area contributed by atoms with Gasteiger partial charge in [-0.2, -0.15) is 15.0 Å². The summed E-state index contributed by atoms with van der Waals surface area (Å²) in [4.78, 5) is 25.3. The zero-order valence-electron chi connectivity index (χ0n) is 9.75. The minimum Gasteiger partial charge on any atom is -0.467 e. The van der Waals surface area contributed by atoms with Gasteiger partial charge in [-0.05, 0) is 6.92 Å². The van der Waals surface area contributed by atoms with Crippen LogP contribution >= 0.6 is 0 Å². The highest BCUT2D eigenvalue weighted by Crippen LogP contribution is 2.22. The molecule has 2 rings (SSSR count). The van der Waals surface area contributed by atoms with Crippen LogP contribution in [0.15, 0.2) is 0 Å². The molecule has 1 unspecified atom stereocenters. The average molecular weight is 238 g/mol. The number of aryl methyl sites for hydroxylation is 1. The summed E-state index contributed by atoms with van der Waals surface area (Å²) in [6.45, 7) is 2.13. The van der Waals surface area contributed by atoms with E-state index in [1.807, 2.05) is 0 Å². The molecule has 7 nitrogen and oxygen atoms in total. The molecule has 0 radical (unpaired) electrons. The summed E-state index contributed by atoms with van der Waals surface area (Å²) in [6, 6.07) is 0.188. The Morgan fingerprint density at radius 1 is 1.47 bits per heavy atom. The second-order valence-corrected chi connectivity index (χ2v) is 3.93. The molecule has 92 valence electrons. The minimum atomic E-state index is -0.0864. The number of hydrogen-bond donors (Lipinski definition) is 1. The quantitative estimate of drug-likeness (QED) is 0.766. The van der Waals surface area contributed by atoms with E-state index in [2.05, 4.69) is 15.0 Å². The van der Waals surface area contributed by atoms with Crippen molar-refractivity contribution in [3.05, 3.63) is 5.82 Å². The Kier molecular flexibility index (Phi) is 3.19. The number of hydrogen-bond acceptors (Lipinski definition) is 6. The lowest BCUT2D eigenvalue weighted by Crippen LogP contribution is -2.27. The third kappa shape index (κ3) is 2.33. The molecule has 1 fully saturated rings. The van der Waals surface area contributed by atoms with Crippen LogP contribution < -0.4 is 9.64 Å². The summed E-state index contributed by atoms with van der Waals surface area (Å²) < 4.78 is 4.93. The van der Waals surface area contributed by atoms with E-state index in [0.717, 1.165) is 0 Å². The zero-order valence-corrected chi connectivity index (χ0v) is 9.75. The molecule has 1 amide bonds. The number of ether oxygens (including phenoxy) is 1. The molecule has 0 aromatic carbocycles. The number of rotatable bonds is 3. The maximum Gasteiger partial charge on any atom is 0.321 e. The van der Waals surface area contributed by atoms with Crippen molar-refractivity contribution in [1.82, 2.24) is 15.0 Å². The number of carbonyl (C=O) groups is 1. The van der Waals surface area contributed by atoms with Gasteiger partial charge in [0.05, 0.1) is 7.11 Å². The summed E-state index contributed by atoms with van der Waals surface area (Å²) in [5.41, 5.74) is 0. The monoisotopic (exact) mass is 238 g/mol. The summed E-state index contributed by atoms with van der Waals surface area (Å²) in [5.74, 6) is 0.643. The highest BCUT2D eigenvalue weighted by Gasteiger charge is 2.32. The van der Waals surface area contributed by atoms with Gasteiger partial charge >= 0.3 is 6.01 Å². The molecule has 1 aliphatic rings. The molecule has 0 spiro atoms. The molecule has 2 heterocycles. The van der Waals surface area contributed by atoms with Crippen molar-refractivity contribution in [3.63, 3.8) is 0 Å². The molecular formula is C10H14N4O3. The Hall–Kier alpha value is -1.76. The summed E-state index contributed by atoms with van der Waals surface area (Å²) in [6.07, 6.45) is 0.323. The van der Waals surface area contributed by atoms with E-state index in [-0.39, 0.29) is 30.4 Å². The molecular weight excluding hydrogens is 224 g/mol. The van der Waals surface area contributed by atoms with Gasteiger partial charge in [0.15, 0.2) is 0 Å². The first-order valence-electron chi connectivity index (χ1n) is 5.32. The fourth-order valence-corrected chi connectivity index (χ4v) is 1.75. The summed E-state index contributed by atoms with van der Waals surface area (Å²) >= 11 is 0. The standard InChI is InChI=1S/C10H14N4O3/c1-6-11-9(13-10(12-6)17-2)14-4-7(5-15)3-8(14)16/h7,15H,3-5H2,1-2H3. The number of aromatic nitrogens is 3. The Balaban J connectivity index is 2.28. The first kappa shape index (κ1) is 11.7. The Morgan fingerprint density at radius 3 is 2.82 bits per heavy atom. The van der Waals surface area contributed by atoms with Gasteiger partial charge < -0.3 is 9.84 Å². The number of methoxy groups -OCH3 is 1. The average Bonchev–Trinajstić information content (AvgIpc) is 2.69. The summed E-state index contributed by atoms with van der Waals surface area (Å²) in [7, 11) is 1.46. The number of amides is 1. The van der Waals surface area contributed by atoms with E-state index in [0.29, 0.717) is 18.8 Å². The first-order chi connectivity index (χ1) is 8.13. The molecule has 17 heavy (non-hydrogen) atoms. The molecule has 1 aromatic heterocycles. The van der Waals surface area contributed by atoms with Gasteiger partial charge in [0, 0.05) is 25.5 Å². The van der Waals surface area contributed by atoms with Crippen LogP contribution in [0.1, 0.15) is 12.2 Å². The lowest BCUT2D eigenvalue weighted by molar-refractivity contribution is -0.117. The Labute approximate surface area is 98.5 Å². The maximum atomic E-state index is 11.7. The van der Waals surface area contributed by atoms with E-state index >= 15 is 0 Å².